The van der Waals surface area contributed by atoms with Crippen LogP contribution in [0.25, 0.3) is 5.82 Å². The van der Waals surface area contributed by atoms with E-state index in [2.05, 4.69) is 48.3 Å². The van der Waals surface area contributed by atoms with Gasteiger partial charge in [-0.3, -0.25) is 4.79 Å². The molecule has 1 atom stereocenters. The lowest BCUT2D eigenvalue weighted by Crippen LogP contribution is -2.29. The first-order valence-corrected chi connectivity index (χ1v) is 9.44. The van der Waals surface area contributed by atoms with Gasteiger partial charge in [0.1, 0.15) is 0 Å². The highest BCUT2D eigenvalue weighted by molar-refractivity contribution is 5.95. The average molecular weight is 362 g/mol. The highest BCUT2D eigenvalue weighted by Gasteiger charge is 2.22. The molecule has 0 fully saturated rings. The van der Waals surface area contributed by atoms with Gasteiger partial charge in [0.05, 0.1) is 17.5 Å². The third kappa shape index (κ3) is 4.25. The summed E-state index contributed by atoms with van der Waals surface area (Å²) in [6, 6.07) is 16.0. The zero-order valence-electron chi connectivity index (χ0n) is 16.1. The molecule has 0 bridgehead atoms. The number of nitrogens with one attached hydrogen (secondary N) is 1. The highest BCUT2D eigenvalue weighted by Crippen LogP contribution is 2.23. The molecule has 0 unspecified atom stereocenters. The Morgan fingerprint density at radius 3 is 2.48 bits per heavy atom. The van der Waals surface area contributed by atoms with Crippen LogP contribution in [0.4, 0.5) is 0 Å². The predicted octanol–water partition coefficient (Wildman–Crippen LogP) is 4.31. The molecule has 0 radical (unpaired) electrons. The first-order valence-electron chi connectivity index (χ1n) is 9.44. The fraction of sp³-hybridized carbons (Fsp3) is 0.318. The molecule has 0 aliphatic heterocycles. The Morgan fingerprint density at radius 1 is 1.11 bits per heavy atom. The largest absolute Gasteiger partial charge is 0.351 e. The first-order chi connectivity index (χ1) is 13.1. The van der Waals surface area contributed by atoms with Gasteiger partial charge in [0.25, 0.3) is 5.91 Å². The molecular formula is C22H26N4O. The van der Waals surface area contributed by atoms with Crippen LogP contribution in [0.3, 0.4) is 0 Å². The van der Waals surface area contributed by atoms with Crippen molar-refractivity contribution in [3.63, 3.8) is 0 Å². The van der Waals surface area contributed by atoms with Crippen LogP contribution >= 0.6 is 0 Å². The lowest BCUT2D eigenvalue weighted by atomic mass is 9.96. The number of hydrogen-bond donors (Lipinski definition) is 1. The summed E-state index contributed by atoms with van der Waals surface area (Å²) >= 11 is 0. The van der Waals surface area contributed by atoms with Gasteiger partial charge < -0.3 is 5.32 Å². The van der Waals surface area contributed by atoms with Crippen LogP contribution in [0.15, 0.2) is 60.9 Å². The third-order valence-electron chi connectivity index (χ3n) is 4.74. The van der Waals surface area contributed by atoms with Gasteiger partial charge in [-0.2, -0.15) is 5.10 Å². The number of carbonyl (C=O) groups excluding carboxylic acids is 1. The molecule has 1 aromatic carbocycles. The molecule has 5 nitrogen and oxygen atoms in total. The van der Waals surface area contributed by atoms with Crippen LogP contribution in [-0.2, 0) is 0 Å². The Hall–Kier alpha value is -2.95. The normalized spacial score (nSPS) is 12.1. The minimum Gasteiger partial charge on any atom is -0.351 e. The fourth-order valence-electron chi connectivity index (χ4n) is 3.28. The van der Waals surface area contributed by atoms with E-state index in [1.54, 1.807) is 17.1 Å². The van der Waals surface area contributed by atoms with E-state index in [0.717, 1.165) is 17.9 Å². The standard InChI is InChI=1S/C22H26N4O/c1-4-17(18-10-6-5-7-11-18)14-24-22(27)19-15-25-26(21(19)16(2)3)20-12-8-9-13-23-20/h5-13,15-17H,4,14H2,1-3H3,(H,24,27)/t17-/m0/s1. The molecular weight excluding hydrogens is 336 g/mol. The van der Waals surface area contributed by atoms with E-state index in [-0.39, 0.29) is 11.8 Å². The van der Waals surface area contributed by atoms with Crippen molar-refractivity contribution in [3.05, 3.63) is 77.7 Å². The van der Waals surface area contributed by atoms with Crippen molar-refractivity contribution in [2.45, 2.75) is 39.0 Å². The average Bonchev–Trinajstić information content (AvgIpc) is 3.15. The van der Waals surface area contributed by atoms with E-state index in [1.165, 1.54) is 5.56 Å². The fourth-order valence-corrected chi connectivity index (χ4v) is 3.28. The van der Waals surface area contributed by atoms with E-state index in [0.29, 0.717) is 18.0 Å². The summed E-state index contributed by atoms with van der Waals surface area (Å²) < 4.78 is 1.76. The summed E-state index contributed by atoms with van der Waals surface area (Å²) in [7, 11) is 0. The zero-order chi connectivity index (χ0) is 19.2. The molecule has 2 aromatic heterocycles. The van der Waals surface area contributed by atoms with Gasteiger partial charge >= 0.3 is 0 Å². The Balaban J connectivity index is 1.80. The van der Waals surface area contributed by atoms with Crippen molar-refractivity contribution in [2.24, 2.45) is 0 Å². The SMILES string of the molecule is CC[C@@H](CNC(=O)c1cnn(-c2ccccn2)c1C(C)C)c1ccccc1. The maximum Gasteiger partial charge on any atom is 0.254 e. The van der Waals surface area contributed by atoms with Crippen LogP contribution < -0.4 is 5.32 Å². The molecule has 140 valence electrons. The third-order valence-corrected chi connectivity index (χ3v) is 4.74. The van der Waals surface area contributed by atoms with Crippen molar-refractivity contribution in [2.75, 3.05) is 6.54 Å². The highest BCUT2D eigenvalue weighted by atomic mass is 16.1. The second-order valence-corrected chi connectivity index (χ2v) is 6.92. The number of pyridine rings is 1. The Morgan fingerprint density at radius 2 is 1.85 bits per heavy atom. The maximum atomic E-state index is 12.9. The lowest BCUT2D eigenvalue weighted by molar-refractivity contribution is 0.0949. The number of rotatable bonds is 7. The molecule has 0 saturated heterocycles. The summed E-state index contributed by atoms with van der Waals surface area (Å²) in [5.74, 6) is 1.07. The van der Waals surface area contributed by atoms with E-state index in [9.17, 15) is 4.79 Å². The molecule has 0 spiro atoms. The number of hydrogen-bond acceptors (Lipinski definition) is 3. The maximum absolute atomic E-state index is 12.9. The predicted molar refractivity (Wildman–Crippen MR) is 107 cm³/mol. The second-order valence-electron chi connectivity index (χ2n) is 6.92. The number of aromatic nitrogens is 3. The topological polar surface area (TPSA) is 59.8 Å². The van der Waals surface area contributed by atoms with E-state index >= 15 is 0 Å². The van der Waals surface area contributed by atoms with Gasteiger partial charge in [0.15, 0.2) is 5.82 Å². The monoisotopic (exact) mass is 362 g/mol. The number of amides is 1. The molecule has 1 N–H and O–H groups in total. The second kappa shape index (κ2) is 8.62. The van der Waals surface area contributed by atoms with E-state index in [1.807, 2.05) is 36.4 Å². The molecule has 1 amide bonds. The van der Waals surface area contributed by atoms with Gasteiger partial charge in [-0.15, -0.1) is 0 Å². The molecule has 5 heteroatoms. The van der Waals surface area contributed by atoms with Crippen LogP contribution in [0.5, 0.6) is 0 Å². The molecule has 0 aliphatic rings. The number of nitrogens with zero attached hydrogens (tertiary/aromatic N) is 3. The molecule has 27 heavy (non-hydrogen) atoms. The Labute approximate surface area is 160 Å². The van der Waals surface area contributed by atoms with Gasteiger partial charge in [0.2, 0.25) is 0 Å². The van der Waals surface area contributed by atoms with Crippen LogP contribution in [-0.4, -0.2) is 27.2 Å². The first kappa shape index (κ1) is 18.8. The van der Waals surface area contributed by atoms with Crippen molar-refractivity contribution in [1.82, 2.24) is 20.1 Å². The minimum atomic E-state index is -0.0877. The summed E-state index contributed by atoms with van der Waals surface area (Å²) in [4.78, 5) is 17.2. The lowest BCUT2D eigenvalue weighted by Gasteiger charge is -2.17. The van der Waals surface area contributed by atoms with Gasteiger partial charge in [-0.1, -0.05) is 57.2 Å². The van der Waals surface area contributed by atoms with Gasteiger partial charge in [0, 0.05) is 18.7 Å². The number of carbonyl (C=O) groups is 1. The van der Waals surface area contributed by atoms with Crippen LogP contribution in [0.1, 0.15) is 60.6 Å². The molecule has 3 aromatic rings. The van der Waals surface area contributed by atoms with Crippen molar-refractivity contribution in [1.29, 1.82) is 0 Å². The van der Waals surface area contributed by atoms with E-state index in [4.69, 9.17) is 0 Å². The zero-order valence-corrected chi connectivity index (χ0v) is 16.1. The Bertz CT molecular complexity index is 872. The smallest absolute Gasteiger partial charge is 0.254 e. The quantitative estimate of drug-likeness (QED) is 0.681. The number of benzene rings is 1. The van der Waals surface area contributed by atoms with Crippen LogP contribution in [0, 0.1) is 0 Å². The minimum absolute atomic E-state index is 0.0877. The van der Waals surface area contributed by atoms with Crippen LogP contribution in [0.2, 0.25) is 0 Å². The summed E-state index contributed by atoms with van der Waals surface area (Å²) in [5.41, 5.74) is 2.73. The molecule has 3 rings (SSSR count). The Kier molecular flexibility index (Phi) is 6.01. The van der Waals surface area contributed by atoms with Crippen molar-refractivity contribution in [3.8, 4) is 5.82 Å². The molecule has 2 heterocycles. The summed E-state index contributed by atoms with van der Waals surface area (Å²) in [6.07, 6.45) is 4.34. The van der Waals surface area contributed by atoms with Crippen molar-refractivity contribution < 1.29 is 4.79 Å². The van der Waals surface area contributed by atoms with Gasteiger partial charge in [-0.05, 0) is 30.0 Å². The molecule has 0 saturated carbocycles. The van der Waals surface area contributed by atoms with Crippen molar-refractivity contribution >= 4 is 5.91 Å². The van der Waals surface area contributed by atoms with E-state index < -0.39 is 0 Å². The summed E-state index contributed by atoms with van der Waals surface area (Å²) in [6.45, 7) is 6.87. The van der Waals surface area contributed by atoms with Gasteiger partial charge in [-0.25, -0.2) is 9.67 Å². The summed E-state index contributed by atoms with van der Waals surface area (Å²) in [5, 5.41) is 7.52. The molecule has 0 aliphatic carbocycles.